The maximum absolute atomic E-state index is 10.4. The molecule has 1 aromatic heterocycles. The summed E-state index contributed by atoms with van der Waals surface area (Å²) in [5.74, 6) is -0.856. The van der Waals surface area contributed by atoms with Gasteiger partial charge in [0, 0.05) is 0 Å². The van der Waals surface area contributed by atoms with Crippen LogP contribution in [-0.2, 0) is 0 Å². The Morgan fingerprint density at radius 3 is 2.83 bits per heavy atom. The Kier molecular flexibility index (Phi) is 2.59. The predicted octanol–water partition coefficient (Wildman–Crippen LogP) is 0.946. The number of carboxylic acids is 1. The molecule has 0 bridgehead atoms. The lowest BCUT2D eigenvalue weighted by molar-refractivity contribution is 0.0689. The average molecular weight is 233 g/mol. The molecule has 1 rings (SSSR count). The molecule has 0 aromatic carbocycles. The van der Waals surface area contributed by atoms with Gasteiger partial charge in [0.1, 0.15) is 0 Å². The third-order valence-corrected chi connectivity index (χ3v) is 1.63. The molecular weight excluding hydrogens is 228 g/mol. The average Bonchev–Trinajstić information content (AvgIpc) is 2.04. The van der Waals surface area contributed by atoms with E-state index in [0.717, 1.165) is 6.20 Å². The second kappa shape index (κ2) is 3.48. The van der Waals surface area contributed by atoms with E-state index in [-0.39, 0.29) is 16.2 Å². The first-order valence-corrected chi connectivity index (χ1v) is 3.74. The molecule has 64 valence electrons. The quantitative estimate of drug-likeness (QED) is 0.822. The van der Waals surface area contributed by atoms with Gasteiger partial charge in [-0.1, -0.05) is 0 Å². The Morgan fingerprint density at radius 2 is 2.42 bits per heavy atom. The van der Waals surface area contributed by atoms with Crippen LogP contribution in [0.2, 0.25) is 0 Å². The lowest BCUT2D eigenvalue weighted by atomic mass is 10.5. The summed E-state index contributed by atoms with van der Waals surface area (Å²) >= 11 is 3.01. The molecule has 0 fully saturated rings. The molecule has 0 aliphatic rings. The van der Waals surface area contributed by atoms with Crippen LogP contribution in [0.25, 0.3) is 0 Å². The number of ether oxygens (including phenoxy) is 1. The van der Waals surface area contributed by atoms with Gasteiger partial charge in [0.25, 0.3) is 0 Å². The molecule has 0 unspecified atom stereocenters. The summed E-state index contributed by atoms with van der Waals surface area (Å²) in [6.45, 7) is 0. The molecule has 1 aromatic rings. The molecule has 1 heterocycles. The van der Waals surface area contributed by atoms with Gasteiger partial charge in [-0.25, -0.2) is 14.8 Å². The third kappa shape index (κ3) is 1.70. The second-order valence-electron chi connectivity index (χ2n) is 1.86. The summed E-state index contributed by atoms with van der Waals surface area (Å²) in [5, 5.41) is 8.51. The van der Waals surface area contributed by atoms with Crippen LogP contribution in [0.15, 0.2) is 10.8 Å². The number of carbonyl (C=O) groups is 1. The molecule has 0 saturated heterocycles. The number of aromatic carboxylic acids is 1. The molecule has 6 heteroatoms. The van der Waals surface area contributed by atoms with Gasteiger partial charge in [-0.3, -0.25) is 0 Å². The molecule has 12 heavy (non-hydrogen) atoms. The highest BCUT2D eigenvalue weighted by molar-refractivity contribution is 9.10. The fraction of sp³-hybridized carbons (Fsp3) is 0.167. The van der Waals surface area contributed by atoms with Gasteiger partial charge in [0.15, 0.2) is 10.3 Å². The van der Waals surface area contributed by atoms with Gasteiger partial charge in [-0.2, -0.15) is 0 Å². The van der Waals surface area contributed by atoms with Gasteiger partial charge < -0.3 is 9.84 Å². The van der Waals surface area contributed by atoms with E-state index in [1.54, 1.807) is 0 Å². The molecule has 1 N–H and O–H groups in total. The topological polar surface area (TPSA) is 72.3 Å². The Bertz CT molecular complexity index is 316. The van der Waals surface area contributed by atoms with Gasteiger partial charge in [0.05, 0.1) is 13.3 Å². The number of nitrogens with zero attached hydrogens (tertiary/aromatic N) is 2. The van der Waals surface area contributed by atoms with E-state index in [0.29, 0.717) is 0 Å². The summed E-state index contributed by atoms with van der Waals surface area (Å²) in [6.07, 6.45) is 1.13. The Balaban J connectivity index is 3.10. The molecule has 0 atom stereocenters. The predicted molar refractivity (Wildman–Crippen MR) is 43.2 cm³/mol. The van der Waals surface area contributed by atoms with Crippen LogP contribution in [-0.4, -0.2) is 28.2 Å². The van der Waals surface area contributed by atoms with Crippen molar-refractivity contribution in [3.05, 3.63) is 16.5 Å². The summed E-state index contributed by atoms with van der Waals surface area (Å²) in [6, 6.07) is 0. The number of halogens is 1. The SMILES string of the molecule is COc1ncc(C(=O)O)nc1Br. The molecule has 5 nitrogen and oxygen atoms in total. The minimum Gasteiger partial charge on any atom is -0.479 e. The van der Waals surface area contributed by atoms with Crippen LogP contribution in [0, 0.1) is 0 Å². The molecule has 0 spiro atoms. The smallest absolute Gasteiger partial charge is 0.356 e. The molecular formula is C6H5BrN2O3. The standard InChI is InChI=1S/C6H5BrN2O3/c1-12-5-4(7)9-3(2-8-5)6(10)11/h2H,1H3,(H,10,11). The molecule has 0 aliphatic heterocycles. The van der Waals surface area contributed by atoms with Gasteiger partial charge in [0.2, 0.25) is 5.88 Å². The largest absolute Gasteiger partial charge is 0.479 e. The molecule has 0 saturated carbocycles. The van der Waals surface area contributed by atoms with E-state index in [4.69, 9.17) is 9.84 Å². The van der Waals surface area contributed by atoms with E-state index < -0.39 is 5.97 Å². The Morgan fingerprint density at radius 1 is 1.75 bits per heavy atom. The van der Waals surface area contributed by atoms with Crippen molar-refractivity contribution >= 4 is 21.9 Å². The van der Waals surface area contributed by atoms with Crippen molar-refractivity contribution in [1.82, 2.24) is 9.97 Å². The lowest BCUT2D eigenvalue weighted by Gasteiger charge is -2.00. The Hall–Kier alpha value is -1.17. The molecule has 0 amide bonds. The number of aromatic nitrogens is 2. The number of methoxy groups -OCH3 is 1. The first-order valence-electron chi connectivity index (χ1n) is 2.95. The summed E-state index contributed by atoms with van der Waals surface area (Å²) < 4.78 is 5.05. The van der Waals surface area contributed by atoms with Crippen molar-refractivity contribution < 1.29 is 14.6 Å². The lowest BCUT2D eigenvalue weighted by Crippen LogP contribution is -2.02. The minimum atomic E-state index is -1.12. The van der Waals surface area contributed by atoms with Crippen molar-refractivity contribution in [1.29, 1.82) is 0 Å². The van der Waals surface area contributed by atoms with Crippen molar-refractivity contribution in [3.8, 4) is 5.88 Å². The summed E-state index contributed by atoms with van der Waals surface area (Å²) in [5.41, 5.74) is -0.123. The number of rotatable bonds is 2. The van der Waals surface area contributed by atoms with Crippen LogP contribution in [0.1, 0.15) is 10.5 Å². The fourth-order valence-electron chi connectivity index (χ4n) is 0.595. The number of carboxylic acid groups (broad SMARTS) is 1. The van der Waals surface area contributed by atoms with Gasteiger partial charge in [-0.15, -0.1) is 0 Å². The maximum atomic E-state index is 10.4. The second-order valence-corrected chi connectivity index (χ2v) is 2.61. The first kappa shape index (κ1) is 8.92. The van der Waals surface area contributed by atoms with E-state index >= 15 is 0 Å². The first-order chi connectivity index (χ1) is 5.65. The highest BCUT2D eigenvalue weighted by Crippen LogP contribution is 2.18. The van der Waals surface area contributed by atoms with Crippen LogP contribution in [0.5, 0.6) is 5.88 Å². The van der Waals surface area contributed by atoms with Crippen molar-refractivity contribution in [3.63, 3.8) is 0 Å². The van der Waals surface area contributed by atoms with Crippen LogP contribution < -0.4 is 4.74 Å². The number of hydrogen-bond donors (Lipinski definition) is 1. The van der Waals surface area contributed by atoms with Crippen molar-refractivity contribution in [2.75, 3.05) is 7.11 Å². The van der Waals surface area contributed by atoms with Crippen LogP contribution >= 0.6 is 15.9 Å². The maximum Gasteiger partial charge on any atom is 0.356 e. The fourth-order valence-corrected chi connectivity index (χ4v) is 1.05. The monoisotopic (exact) mass is 232 g/mol. The van der Waals surface area contributed by atoms with Crippen LogP contribution in [0.4, 0.5) is 0 Å². The minimum absolute atomic E-state index is 0.123. The summed E-state index contributed by atoms with van der Waals surface area (Å²) in [4.78, 5) is 17.8. The highest BCUT2D eigenvalue weighted by atomic mass is 79.9. The molecule has 0 radical (unpaired) electrons. The van der Waals surface area contributed by atoms with Crippen molar-refractivity contribution in [2.24, 2.45) is 0 Å². The zero-order chi connectivity index (χ0) is 9.14. The third-order valence-electron chi connectivity index (χ3n) is 1.11. The van der Waals surface area contributed by atoms with E-state index in [1.807, 2.05) is 0 Å². The van der Waals surface area contributed by atoms with Gasteiger partial charge in [-0.05, 0) is 15.9 Å². The van der Waals surface area contributed by atoms with Crippen LogP contribution in [0.3, 0.4) is 0 Å². The highest BCUT2D eigenvalue weighted by Gasteiger charge is 2.09. The van der Waals surface area contributed by atoms with Gasteiger partial charge >= 0.3 is 5.97 Å². The normalized spacial score (nSPS) is 9.50. The van der Waals surface area contributed by atoms with E-state index in [1.165, 1.54) is 7.11 Å². The number of hydrogen-bond acceptors (Lipinski definition) is 4. The zero-order valence-corrected chi connectivity index (χ0v) is 7.70. The summed E-state index contributed by atoms with van der Waals surface area (Å²) in [7, 11) is 1.43. The Labute approximate surface area is 76.5 Å². The van der Waals surface area contributed by atoms with E-state index in [9.17, 15) is 4.79 Å². The van der Waals surface area contributed by atoms with E-state index in [2.05, 4.69) is 25.9 Å². The van der Waals surface area contributed by atoms with Crippen molar-refractivity contribution in [2.45, 2.75) is 0 Å². The zero-order valence-electron chi connectivity index (χ0n) is 6.11. The molecule has 0 aliphatic carbocycles.